The monoisotopic (exact) mass is 291 g/mol. The highest BCUT2D eigenvalue weighted by Crippen LogP contribution is 2.42. The zero-order chi connectivity index (χ0) is 13.4. The highest BCUT2D eigenvalue weighted by Gasteiger charge is 2.29. The number of aryl methyl sites for hydroxylation is 1. The Morgan fingerprint density at radius 1 is 1.05 bits per heavy atom. The van der Waals surface area contributed by atoms with E-state index in [0.717, 1.165) is 18.4 Å². The van der Waals surface area contributed by atoms with Crippen LogP contribution in [0.3, 0.4) is 0 Å². The van der Waals surface area contributed by atoms with Crippen LogP contribution in [0.5, 0.6) is 0 Å². The first-order chi connectivity index (χ1) is 9.18. The number of hydrogen-bond acceptors (Lipinski definition) is 1. The van der Waals surface area contributed by atoms with Gasteiger partial charge in [0.15, 0.2) is 0 Å². The van der Waals surface area contributed by atoms with Gasteiger partial charge in [-0.15, -0.1) is 0 Å². The zero-order valence-electron chi connectivity index (χ0n) is 10.4. The van der Waals surface area contributed by atoms with Gasteiger partial charge in [-0.2, -0.15) is 0 Å². The average Bonchev–Trinajstić information content (AvgIpc) is 2.85. The third kappa shape index (κ3) is 2.27. The van der Waals surface area contributed by atoms with Crippen LogP contribution in [0, 0.1) is 0 Å². The first-order valence-corrected chi connectivity index (χ1v) is 7.21. The van der Waals surface area contributed by atoms with Crippen molar-refractivity contribution < 1.29 is 0 Å². The summed E-state index contributed by atoms with van der Waals surface area (Å²) in [5, 5.41) is 1.15. The summed E-state index contributed by atoms with van der Waals surface area (Å²) < 4.78 is 0. The molecule has 0 bridgehead atoms. The van der Waals surface area contributed by atoms with Crippen LogP contribution in [0.25, 0.3) is 0 Å². The van der Waals surface area contributed by atoms with Crippen molar-refractivity contribution in [1.29, 1.82) is 0 Å². The summed E-state index contributed by atoms with van der Waals surface area (Å²) in [6, 6.07) is 14.1. The van der Waals surface area contributed by atoms with E-state index >= 15 is 0 Å². The molecule has 0 fully saturated rings. The maximum absolute atomic E-state index is 6.44. The van der Waals surface area contributed by atoms with E-state index in [4.69, 9.17) is 28.9 Å². The lowest BCUT2D eigenvalue weighted by atomic mass is 9.89. The minimum atomic E-state index is -0.102. The lowest BCUT2D eigenvalue weighted by Crippen LogP contribution is -2.18. The molecule has 0 saturated carbocycles. The van der Waals surface area contributed by atoms with Crippen LogP contribution in [-0.4, -0.2) is 0 Å². The van der Waals surface area contributed by atoms with Crippen LogP contribution >= 0.6 is 23.2 Å². The van der Waals surface area contributed by atoms with Gasteiger partial charge in [0.1, 0.15) is 0 Å². The molecule has 2 unspecified atom stereocenters. The van der Waals surface area contributed by atoms with Crippen LogP contribution in [0.1, 0.15) is 35.1 Å². The molecule has 1 aliphatic rings. The SMILES string of the molecule is NC(c1cccc(Cl)c1Cl)C1CCc2ccccc21. The highest BCUT2D eigenvalue weighted by atomic mass is 35.5. The number of benzene rings is 2. The van der Waals surface area contributed by atoms with Gasteiger partial charge in [0.05, 0.1) is 10.0 Å². The Hall–Kier alpha value is -1.02. The molecule has 98 valence electrons. The molecule has 1 aliphatic carbocycles. The summed E-state index contributed by atoms with van der Waals surface area (Å²) in [5.74, 6) is 0.326. The van der Waals surface area contributed by atoms with Crippen molar-refractivity contribution in [1.82, 2.24) is 0 Å². The first-order valence-electron chi connectivity index (χ1n) is 6.46. The molecule has 2 N–H and O–H groups in total. The minimum absolute atomic E-state index is 0.102. The number of hydrogen-bond donors (Lipinski definition) is 1. The lowest BCUT2D eigenvalue weighted by Gasteiger charge is -2.22. The summed E-state index contributed by atoms with van der Waals surface area (Å²) in [6.45, 7) is 0. The summed E-state index contributed by atoms with van der Waals surface area (Å²) in [7, 11) is 0. The molecular weight excluding hydrogens is 277 g/mol. The molecule has 3 rings (SSSR count). The molecule has 0 aromatic heterocycles. The molecule has 0 amide bonds. The van der Waals surface area contributed by atoms with Gasteiger partial charge in [-0.25, -0.2) is 0 Å². The van der Waals surface area contributed by atoms with E-state index in [-0.39, 0.29) is 6.04 Å². The quantitative estimate of drug-likeness (QED) is 0.851. The van der Waals surface area contributed by atoms with Crippen molar-refractivity contribution in [2.45, 2.75) is 24.8 Å². The van der Waals surface area contributed by atoms with Gasteiger partial charge in [0.2, 0.25) is 0 Å². The number of nitrogens with two attached hydrogens (primary N) is 1. The Kier molecular flexibility index (Phi) is 3.53. The van der Waals surface area contributed by atoms with E-state index in [1.54, 1.807) is 6.07 Å². The molecule has 2 atom stereocenters. The third-order valence-corrected chi connectivity index (χ3v) is 4.79. The van der Waals surface area contributed by atoms with Crippen LogP contribution in [0.15, 0.2) is 42.5 Å². The fraction of sp³-hybridized carbons (Fsp3) is 0.250. The molecule has 3 heteroatoms. The highest BCUT2D eigenvalue weighted by molar-refractivity contribution is 6.42. The number of rotatable bonds is 2. The van der Waals surface area contributed by atoms with Crippen LogP contribution < -0.4 is 5.73 Å². The topological polar surface area (TPSA) is 26.0 Å². The maximum Gasteiger partial charge on any atom is 0.0640 e. The second kappa shape index (κ2) is 5.16. The van der Waals surface area contributed by atoms with Crippen molar-refractivity contribution in [2.24, 2.45) is 5.73 Å². The normalized spacial score (nSPS) is 19.2. The smallest absolute Gasteiger partial charge is 0.0640 e. The van der Waals surface area contributed by atoms with E-state index in [1.807, 2.05) is 12.1 Å². The van der Waals surface area contributed by atoms with Crippen LogP contribution in [0.4, 0.5) is 0 Å². The largest absolute Gasteiger partial charge is 0.323 e. The molecule has 0 aliphatic heterocycles. The predicted molar refractivity (Wildman–Crippen MR) is 80.9 cm³/mol. The Balaban J connectivity index is 1.98. The molecule has 0 saturated heterocycles. The van der Waals surface area contributed by atoms with Gasteiger partial charge in [-0.3, -0.25) is 0 Å². The summed E-state index contributed by atoms with van der Waals surface area (Å²) in [5.41, 5.74) is 10.1. The maximum atomic E-state index is 6.44. The van der Waals surface area contributed by atoms with Crippen molar-refractivity contribution in [3.05, 3.63) is 69.2 Å². The molecule has 2 aromatic rings. The van der Waals surface area contributed by atoms with Gasteiger partial charge in [-0.05, 0) is 35.6 Å². The second-order valence-electron chi connectivity index (χ2n) is 5.01. The van der Waals surface area contributed by atoms with E-state index in [0.29, 0.717) is 16.0 Å². The van der Waals surface area contributed by atoms with E-state index in [1.165, 1.54) is 11.1 Å². The Morgan fingerprint density at radius 2 is 1.84 bits per heavy atom. The number of fused-ring (bicyclic) bond motifs is 1. The zero-order valence-corrected chi connectivity index (χ0v) is 12.0. The van der Waals surface area contributed by atoms with Crippen molar-refractivity contribution in [2.75, 3.05) is 0 Å². The van der Waals surface area contributed by atoms with Crippen molar-refractivity contribution in [3.63, 3.8) is 0 Å². The second-order valence-corrected chi connectivity index (χ2v) is 5.80. The first kappa shape index (κ1) is 13.0. The van der Waals surface area contributed by atoms with Gasteiger partial charge >= 0.3 is 0 Å². The molecule has 0 spiro atoms. The standard InChI is InChI=1S/C16H15Cl2N/c17-14-7-3-6-13(15(14)18)16(19)12-9-8-10-4-1-2-5-11(10)12/h1-7,12,16H,8-9,19H2. The van der Waals surface area contributed by atoms with Gasteiger partial charge in [0.25, 0.3) is 0 Å². The van der Waals surface area contributed by atoms with Crippen molar-refractivity contribution >= 4 is 23.2 Å². The predicted octanol–water partition coefficient (Wildman–Crippen LogP) is 4.72. The molecule has 2 aromatic carbocycles. The van der Waals surface area contributed by atoms with E-state index < -0.39 is 0 Å². The molecule has 0 heterocycles. The lowest BCUT2D eigenvalue weighted by molar-refractivity contribution is 0.551. The molecule has 19 heavy (non-hydrogen) atoms. The molecular formula is C16H15Cl2N. The summed E-state index contributed by atoms with van der Waals surface area (Å²) in [6.07, 6.45) is 2.16. The summed E-state index contributed by atoms with van der Waals surface area (Å²) >= 11 is 12.4. The number of halogens is 2. The molecule has 0 radical (unpaired) electrons. The summed E-state index contributed by atoms with van der Waals surface area (Å²) in [4.78, 5) is 0. The fourth-order valence-corrected chi connectivity index (χ4v) is 3.39. The average molecular weight is 292 g/mol. The van der Waals surface area contributed by atoms with Crippen LogP contribution in [-0.2, 0) is 6.42 Å². The van der Waals surface area contributed by atoms with E-state index in [9.17, 15) is 0 Å². The minimum Gasteiger partial charge on any atom is -0.323 e. The van der Waals surface area contributed by atoms with Gasteiger partial charge in [-0.1, -0.05) is 59.6 Å². The van der Waals surface area contributed by atoms with Gasteiger partial charge in [0, 0.05) is 12.0 Å². The molecule has 1 nitrogen and oxygen atoms in total. The fourth-order valence-electron chi connectivity index (χ4n) is 2.96. The van der Waals surface area contributed by atoms with E-state index in [2.05, 4.69) is 24.3 Å². The van der Waals surface area contributed by atoms with Crippen molar-refractivity contribution in [3.8, 4) is 0 Å². The van der Waals surface area contributed by atoms with Gasteiger partial charge < -0.3 is 5.73 Å². The third-order valence-electron chi connectivity index (χ3n) is 3.95. The Bertz CT molecular complexity index is 609. The Morgan fingerprint density at radius 3 is 2.68 bits per heavy atom. The Labute approximate surface area is 123 Å². The van der Waals surface area contributed by atoms with Crippen LogP contribution in [0.2, 0.25) is 10.0 Å².